The first-order chi connectivity index (χ1) is 7.91. The van der Waals surface area contributed by atoms with Gasteiger partial charge in [-0.15, -0.1) is 0 Å². The van der Waals surface area contributed by atoms with Crippen LogP contribution < -0.4 is 0 Å². The summed E-state index contributed by atoms with van der Waals surface area (Å²) < 4.78 is 0. The van der Waals surface area contributed by atoms with Crippen LogP contribution in [0.15, 0.2) is 0 Å². The van der Waals surface area contributed by atoms with Crippen LogP contribution in [-0.2, 0) is 4.79 Å². The maximum Gasteiger partial charge on any atom is 0.317 e. The topological polar surface area (TPSA) is 101 Å². The SMILES string of the molecule is CC(C)CC(CO)(CO)N(CCO)CC(=O)O. The summed E-state index contributed by atoms with van der Waals surface area (Å²) in [5.74, 6) is -0.849. The molecule has 0 saturated carbocycles. The van der Waals surface area contributed by atoms with E-state index in [1.807, 2.05) is 13.8 Å². The van der Waals surface area contributed by atoms with Crippen molar-refractivity contribution in [1.29, 1.82) is 0 Å². The van der Waals surface area contributed by atoms with E-state index in [0.29, 0.717) is 6.42 Å². The van der Waals surface area contributed by atoms with Crippen molar-refractivity contribution in [2.45, 2.75) is 25.8 Å². The molecule has 0 aliphatic heterocycles. The third kappa shape index (κ3) is 4.99. The van der Waals surface area contributed by atoms with E-state index in [1.165, 1.54) is 4.90 Å². The number of carboxylic acids is 1. The molecule has 6 heteroatoms. The molecule has 0 aromatic carbocycles. The van der Waals surface area contributed by atoms with Gasteiger partial charge < -0.3 is 20.4 Å². The van der Waals surface area contributed by atoms with Crippen LogP contribution >= 0.6 is 0 Å². The molecular formula is C11H23NO5. The zero-order valence-corrected chi connectivity index (χ0v) is 10.5. The van der Waals surface area contributed by atoms with Crippen molar-refractivity contribution in [3.8, 4) is 0 Å². The third-order valence-electron chi connectivity index (χ3n) is 2.74. The fraction of sp³-hybridized carbons (Fsp3) is 0.909. The molecule has 0 spiro atoms. The highest BCUT2D eigenvalue weighted by atomic mass is 16.4. The zero-order valence-electron chi connectivity index (χ0n) is 10.5. The van der Waals surface area contributed by atoms with E-state index in [-0.39, 0.29) is 38.8 Å². The molecule has 0 rings (SSSR count). The number of nitrogens with zero attached hydrogens (tertiary/aromatic N) is 1. The summed E-state index contributed by atoms with van der Waals surface area (Å²) in [5, 5.41) is 36.7. The Morgan fingerprint density at radius 1 is 1.24 bits per heavy atom. The summed E-state index contributed by atoms with van der Waals surface area (Å²) in [6, 6.07) is 0. The summed E-state index contributed by atoms with van der Waals surface area (Å²) in [4.78, 5) is 12.2. The van der Waals surface area contributed by atoms with Gasteiger partial charge >= 0.3 is 5.97 Å². The second kappa shape index (κ2) is 7.60. The number of carbonyl (C=O) groups is 1. The minimum Gasteiger partial charge on any atom is -0.480 e. The number of hydrogen-bond acceptors (Lipinski definition) is 5. The molecule has 0 bridgehead atoms. The van der Waals surface area contributed by atoms with Gasteiger partial charge in [-0.2, -0.15) is 0 Å². The van der Waals surface area contributed by atoms with Crippen LogP contribution in [0.3, 0.4) is 0 Å². The summed E-state index contributed by atoms with van der Waals surface area (Å²) >= 11 is 0. The van der Waals surface area contributed by atoms with Crippen molar-refractivity contribution in [3.63, 3.8) is 0 Å². The molecule has 0 saturated heterocycles. The Hall–Kier alpha value is -0.690. The fourth-order valence-corrected chi connectivity index (χ4v) is 2.04. The van der Waals surface area contributed by atoms with Crippen LogP contribution in [0, 0.1) is 5.92 Å². The van der Waals surface area contributed by atoms with Crippen molar-refractivity contribution in [3.05, 3.63) is 0 Å². The fourth-order valence-electron chi connectivity index (χ4n) is 2.04. The second-order valence-corrected chi connectivity index (χ2v) is 4.68. The number of β-amino-alcohol motifs (C(OH)–C–C–N with tert-alkyl or cyclic N) is 1. The van der Waals surface area contributed by atoms with Crippen molar-refractivity contribution >= 4 is 5.97 Å². The van der Waals surface area contributed by atoms with Gasteiger partial charge in [0.15, 0.2) is 0 Å². The van der Waals surface area contributed by atoms with Crippen LogP contribution in [-0.4, -0.2) is 69.7 Å². The normalized spacial score (nSPS) is 12.4. The standard InChI is InChI=1S/C11H23NO5/c1-9(2)5-11(7-14,8-15)12(3-4-13)6-10(16)17/h9,13-15H,3-8H2,1-2H3,(H,16,17). The highest BCUT2D eigenvalue weighted by Crippen LogP contribution is 2.23. The average Bonchev–Trinajstić information content (AvgIpc) is 2.24. The number of carboxylic acid groups (broad SMARTS) is 1. The van der Waals surface area contributed by atoms with E-state index >= 15 is 0 Å². The number of aliphatic carboxylic acids is 1. The van der Waals surface area contributed by atoms with Crippen molar-refractivity contribution < 1.29 is 25.2 Å². The average molecular weight is 249 g/mol. The molecule has 0 atom stereocenters. The maximum absolute atomic E-state index is 10.8. The van der Waals surface area contributed by atoms with Crippen LogP contribution in [0.5, 0.6) is 0 Å². The molecule has 6 nitrogen and oxygen atoms in total. The zero-order chi connectivity index (χ0) is 13.5. The Morgan fingerprint density at radius 3 is 2.06 bits per heavy atom. The molecule has 0 unspecified atom stereocenters. The molecule has 0 amide bonds. The third-order valence-corrected chi connectivity index (χ3v) is 2.74. The number of hydrogen-bond donors (Lipinski definition) is 4. The quantitative estimate of drug-likeness (QED) is 0.424. The van der Waals surface area contributed by atoms with E-state index in [1.54, 1.807) is 0 Å². The summed E-state index contributed by atoms with van der Waals surface area (Å²) in [6.45, 7) is 2.77. The van der Waals surface area contributed by atoms with Gasteiger partial charge in [-0.05, 0) is 12.3 Å². The molecule has 0 fully saturated rings. The molecular weight excluding hydrogens is 226 g/mol. The lowest BCUT2D eigenvalue weighted by atomic mass is 9.88. The molecule has 0 aromatic rings. The molecule has 0 aliphatic carbocycles. The van der Waals surface area contributed by atoms with Gasteiger partial charge in [-0.25, -0.2) is 0 Å². The monoisotopic (exact) mass is 249 g/mol. The number of aliphatic hydroxyl groups is 3. The Bertz CT molecular complexity index is 228. The Morgan fingerprint density at radius 2 is 1.76 bits per heavy atom. The summed E-state index contributed by atoms with van der Waals surface area (Å²) in [7, 11) is 0. The van der Waals surface area contributed by atoms with Gasteiger partial charge in [0.1, 0.15) is 0 Å². The van der Waals surface area contributed by atoms with Crippen molar-refractivity contribution in [2.75, 3.05) is 32.9 Å². The molecule has 17 heavy (non-hydrogen) atoms. The lowest BCUT2D eigenvalue weighted by Crippen LogP contribution is -2.57. The minimum absolute atomic E-state index is 0.111. The van der Waals surface area contributed by atoms with Crippen LogP contribution in [0.1, 0.15) is 20.3 Å². The molecule has 0 radical (unpaired) electrons. The molecule has 0 heterocycles. The maximum atomic E-state index is 10.8. The lowest BCUT2D eigenvalue weighted by Gasteiger charge is -2.41. The smallest absolute Gasteiger partial charge is 0.317 e. The first kappa shape index (κ1) is 16.3. The van der Waals surface area contributed by atoms with Crippen LogP contribution in [0.2, 0.25) is 0 Å². The van der Waals surface area contributed by atoms with Crippen molar-refractivity contribution in [2.24, 2.45) is 5.92 Å². The molecule has 0 aromatic heterocycles. The van der Waals surface area contributed by atoms with Crippen LogP contribution in [0.25, 0.3) is 0 Å². The Balaban J connectivity index is 4.96. The van der Waals surface area contributed by atoms with Gasteiger partial charge in [0, 0.05) is 6.54 Å². The van der Waals surface area contributed by atoms with Crippen LogP contribution in [0.4, 0.5) is 0 Å². The molecule has 0 aliphatic rings. The Labute approximate surface area is 101 Å². The number of rotatable bonds is 9. The highest BCUT2D eigenvalue weighted by molar-refractivity contribution is 5.69. The predicted molar refractivity (Wildman–Crippen MR) is 62.7 cm³/mol. The van der Waals surface area contributed by atoms with Crippen molar-refractivity contribution in [1.82, 2.24) is 4.90 Å². The van der Waals surface area contributed by atoms with Gasteiger partial charge in [0.25, 0.3) is 0 Å². The van der Waals surface area contributed by atoms with Gasteiger partial charge in [-0.1, -0.05) is 13.8 Å². The molecule has 4 N–H and O–H groups in total. The molecule has 102 valence electrons. The van der Waals surface area contributed by atoms with Gasteiger partial charge in [-0.3, -0.25) is 9.69 Å². The van der Waals surface area contributed by atoms with Gasteiger partial charge in [0.2, 0.25) is 0 Å². The predicted octanol–water partition coefficient (Wildman–Crippen LogP) is -0.865. The second-order valence-electron chi connectivity index (χ2n) is 4.68. The highest BCUT2D eigenvalue weighted by Gasteiger charge is 2.37. The van der Waals surface area contributed by atoms with E-state index in [4.69, 9.17) is 10.2 Å². The van der Waals surface area contributed by atoms with E-state index < -0.39 is 11.5 Å². The van der Waals surface area contributed by atoms with Gasteiger partial charge in [0.05, 0.1) is 31.9 Å². The summed E-state index contributed by atoms with van der Waals surface area (Å²) in [6.07, 6.45) is 0.466. The first-order valence-electron chi connectivity index (χ1n) is 5.71. The Kier molecular flexibility index (Phi) is 7.29. The first-order valence-corrected chi connectivity index (χ1v) is 5.71. The summed E-state index contributed by atoms with van der Waals surface area (Å²) in [5.41, 5.74) is -0.991. The van der Waals surface area contributed by atoms with E-state index in [2.05, 4.69) is 0 Å². The van der Waals surface area contributed by atoms with E-state index in [9.17, 15) is 15.0 Å². The largest absolute Gasteiger partial charge is 0.480 e. The number of aliphatic hydroxyl groups excluding tert-OH is 3. The lowest BCUT2D eigenvalue weighted by molar-refractivity contribution is -0.142. The van der Waals surface area contributed by atoms with E-state index in [0.717, 1.165) is 0 Å². The minimum atomic E-state index is -1.05.